The highest BCUT2D eigenvalue weighted by Gasteiger charge is 2.40. The summed E-state index contributed by atoms with van der Waals surface area (Å²) in [6, 6.07) is 4.88. The third-order valence-corrected chi connectivity index (χ3v) is 4.41. The van der Waals surface area contributed by atoms with Crippen molar-refractivity contribution in [3.8, 4) is 0 Å². The van der Waals surface area contributed by atoms with Gasteiger partial charge in [0.2, 0.25) is 0 Å². The second-order valence-corrected chi connectivity index (χ2v) is 6.05. The molecule has 1 fully saturated rings. The second-order valence-electron chi connectivity index (χ2n) is 4.37. The summed E-state index contributed by atoms with van der Waals surface area (Å²) in [7, 11) is 0. The molecule has 1 N–H and O–H groups in total. The topological polar surface area (TPSA) is 25.2 Å². The molecule has 1 saturated heterocycles. The monoisotopic (exact) mass is 211 g/mol. The molecule has 2 nitrogen and oxygen atoms in total. The van der Waals surface area contributed by atoms with Gasteiger partial charge in [-0.1, -0.05) is 0 Å². The normalized spacial score (nSPS) is 26.9. The van der Waals surface area contributed by atoms with E-state index in [1.807, 2.05) is 23.9 Å². The Balaban J connectivity index is 1.92. The van der Waals surface area contributed by atoms with Gasteiger partial charge in [0.05, 0.1) is 12.3 Å². The first kappa shape index (κ1) is 10.1. The van der Waals surface area contributed by atoms with E-state index in [0.29, 0.717) is 16.8 Å². The Kier molecular flexibility index (Phi) is 2.62. The van der Waals surface area contributed by atoms with Crippen molar-refractivity contribution < 1.29 is 4.42 Å². The first-order valence-corrected chi connectivity index (χ1v) is 6.01. The van der Waals surface area contributed by atoms with Crippen molar-refractivity contribution in [2.45, 2.75) is 37.6 Å². The van der Waals surface area contributed by atoms with Crippen molar-refractivity contribution in [3.63, 3.8) is 0 Å². The number of nitrogens with one attached hydrogen (secondary N) is 1. The zero-order valence-electron chi connectivity index (χ0n) is 8.91. The molecular formula is C11H17NOS. The lowest BCUT2D eigenvalue weighted by atomic mass is 10.0. The number of hydrogen-bond donors (Lipinski definition) is 1. The molecule has 0 radical (unpaired) electrons. The van der Waals surface area contributed by atoms with Gasteiger partial charge in [0, 0.05) is 16.5 Å². The van der Waals surface area contributed by atoms with Crippen molar-refractivity contribution in [3.05, 3.63) is 24.2 Å². The van der Waals surface area contributed by atoms with E-state index < -0.39 is 0 Å². The van der Waals surface area contributed by atoms with Crippen LogP contribution in [0.4, 0.5) is 0 Å². The highest BCUT2D eigenvalue weighted by Crippen LogP contribution is 2.40. The summed E-state index contributed by atoms with van der Waals surface area (Å²) in [5.41, 5.74) is 0. The fraction of sp³-hybridized carbons (Fsp3) is 0.636. The Labute approximate surface area is 89.4 Å². The van der Waals surface area contributed by atoms with Crippen LogP contribution in [-0.4, -0.2) is 16.5 Å². The van der Waals surface area contributed by atoms with E-state index in [-0.39, 0.29) is 0 Å². The molecular weight excluding hydrogens is 194 g/mol. The molecule has 2 rings (SSSR count). The first-order valence-electron chi connectivity index (χ1n) is 5.03. The van der Waals surface area contributed by atoms with Gasteiger partial charge in [0.25, 0.3) is 0 Å². The van der Waals surface area contributed by atoms with Crippen LogP contribution in [0.1, 0.15) is 32.6 Å². The molecule has 0 saturated carbocycles. The number of hydrogen-bond acceptors (Lipinski definition) is 3. The molecule has 2 atom stereocenters. The Hall–Kier alpha value is -0.410. The van der Waals surface area contributed by atoms with Crippen LogP contribution in [0, 0.1) is 0 Å². The molecule has 0 aliphatic carbocycles. The van der Waals surface area contributed by atoms with Crippen molar-refractivity contribution in [2.24, 2.45) is 0 Å². The third-order valence-electron chi connectivity index (χ3n) is 2.88. The van der Waals surface area contributed by atoms with E-state index in [1.54, 1.807) is 6.26 Å². The van der Waals surface area contributed by atoms with Crippen LogP contribution in [0.3, 0.4) is 0 Å². The van der Waals surface area contributed by atoms with Crippen LogP contribution < -0.4 is 5.32 Å². The van der Waals surface area contributed by atoms with Crippen LogP contribution in [0.25, 0.3) is 0 Å². The molecule has 2 heterocycles. The largest absolute Gasteiger partial charge is 0.468 e. The highest BCUT2D eigenvalue weighted by molar-refractivity contribution is 8.02. The van der Waals surface area contributed by atoms with Gasteiger partial charge in [-0.05, 0) is 32.9 Å². The maximum Gasteiger partial charge on any atom is 0.120 e. The third kappa shape index (κ3) is 1.84. The molecule has 0 spiro atoms. The number of furan rings is 1. The molecule has 0 aromatic carbocycles. The van der Waals surface area contributed by atoms with Gasteiger partial charge >= 0.3 is 0 Å². The molecule has 1 aromatic heterocycles. The molecule has 2 unspecified atom stereocenters. The lowest BCUT2D eigenvalue weighted by Gasteiger charge is -2.45. The predicted molar refractivity (Wildman–Crippen MR) is 60.6 cm³/mol. The summed E-state index contributed by atoms with van der Waals surface area (Å²) in [5.74, 6) is 2.23. The Morgan fingerprint density at radius 3 is 2.86 bits per heavy atom. The lowest BCUT2D eigenvalue weighted by molar-refractivity contribution is 0.356. The van der Waals surface area contributed by atoms with Crippen molar-refractivity contribution in [1.82, 2.24) is 5.32 Å². The zero-order valence-corrected chi connectivity index (χ0v) is 9.73. The van der Waals surface area contributed by atoms with Crippen molar-refractivity contribution in [2.75, 3.05) is 5.75 Å². The SMILES string of the molecule is CC(NC1CSC1(C)C)c1ccco1. The predicted octanol–water partition coefficient (Wildman–Crippen LogP) is 2.82. The maximum absolute atomic E-state index is 5.36. The molecule has 0 bridgehead atoms. The smallest absolute Gasteiger partial charge is 0.120 e. The van der Waals surface area contributed by atoms with E-state index in [2.05, 4.69) is 26.1 Å². The molecule has 1 aliphatic heterocycles. The summed E-state index contributed by atoms with van der Waals surface area (Å²) in [6.45, 7) is 6.72. The van der Waals surface area contributed by atoms with Crippen LogP contribution in [0.2, 0.25) is 0 Å². The second kappa shape index (κ2) is 3.63. The van der Waals surface area contributed by atoms with Gasteiger partial charge in [0.1, 0.15) is 5.76 Å². The lowest BCUT2D eigenvalue weighted by Crippen LogP contribution is -2.55. The fourth-order valence-corrected chi connectivity index (χ4v) is 2.83. The average molecular weight is 211 g/mol. The van der Waals surface area contributed by atoms with E-state index in [0.717, 1.165) is 5.76 Å². The fourth-order valence-electron chi connectivity index (χ4n) is 1.67. The quantitative estimate of drug-likeness (QED) is 0.832. The van der Waals surface area contributed by atoms with E-state index in [9.17, 15) is 0 Å². The van der Waals surface area contributed by atoms with Gasteiger partial charge in [-0.25, -0.2) is 0 Å². The van der Waals surface area contributed by atoms with E-state index in [4.69, 9.17) is 4.42 Å². The molecule has 0 amide bonds. The zero-order chi connectivity index (χ0) is 10.2. The van der Waals surface area contributed by atoms with Gasteiger partial charge in [0.15, 0.2) is 0 Å². The van der Waals surface area contributed by atoms with Gasteiger partial charge in [-0.15, -0.1) is 0 Å². The minimum absolute atomic E-state index is 0.315. The summed E-state index contributed by atoms with van der Waals surface area (Å²) in [5, 5.41) is 3.59. The van der Waals surface area contributed by atoms with Crippen LogP contribution in [0.15, 0.2) is 22.8 Å². The maximum atomic E-state index is 5.36. The van der Waals surface area contributed by atoms with Gasteiger partial charge in [-0.2, -0.15) is 11.8 Å². The standard InChI is InChI=1S/C11H17NOS/c1-8(9-5-4-6-13-9)12-10-7-14-11(10,2)3/h4-6,8,10,12H,7H2,1-3H3. The Morgan fingerprint density at radius 2 is 2.43 bits per heavy atom. The summed E-state index contributed by atoms with van der Waals surface area (Å²) >= 11 is 2.02. The molecule has 14 heavy (non-hydrogen) atoms. The average Bonchev–Trinajstić information content (AvgIpc) is 2.65. The van der Waals surface area contributed by atoms with Crippen LogP contribution in [0.5, 0.6) is 0 Å². The van der Waals surface area contributed by atoms with Crippen LogP contribution in [-0.2, 0) is 0 Å². The molecule has 1 aromatic rings. The van der Waals surface area contributed by atoms with Gasteiger partial charge in [-0.3, -0.25) is 0 Å². The van der Waals surface area contributed by atoms with Crippen molar-refractivity contribution >= 4 is 11.8 Å². The van der Waals surface area contributed by atoms with E-state index in [1.165, 1.54) is 5.75 Å². The molecule has 78 valence electrons. The number of rotatable bonds is 3. The van der Waals surface area contributed by atoms with Gasteiger partial charge < -0.3 is 9.73 Å². The minimum Gasteiger partial charge on any atom is -0.468 e. The van der Waals surface area contributed by atoms with E-state index >= 15 is 0 Å². The summed E-state index contributed by atoms with van der Waals surface area (Å²) < 4.78 is 5.74. The summed E-state index contributed by atoms with van der Waals surface area (Å²) in [4.78, 5) is 0. The van der Waals surface area contributed by atoms with Crippen molar-refractivity contribution in [1.29, 1.82) is 0 Å². The Morgan fingerprint density at radius 1 is 1.64 bits per heavy atom. The highest BCUT2D eigenvalue weighted by atomic mass is 32.2. The Bertz CT molecular complexity index is 294. The van der Waals surface area contributed by atoms with Crippen LogP contribution >= 0.6 is 11.8 Å². The molecule has 3 heteroatoms. The first-order chi connectivity index (χ1) is 6.59. The number of thioether (sulfide) groups is 1. The summed E-state index contributed by atoms with van der Waals surface area (Å²) in [6.07, 6.45) is 1.73. The minimum atomic E-state index is 0.315. The molecule has 1 aliphatic rings.